The lowest BCUT2D eigenvalue weighted by Crippen LogP contribution is -2.41. The molecule has 16 atom stereocenters. The number of aliphatic hydroxyl groups excluding tert-OH is 3. The number of fused-ring (bicyclic) bond motifs is 2. The molecule has 3 aliphatic rings. The number of primary amides is 1. The van der Waals surface area contributed by atoms with E-state index in [1.54, 1.807) is 0 Å². The van der Waals surface area contributed by atoms with E-state index in [-0.39, 0.29) is 34.1 Å². The fourth-order valence-corrected chi connectivity index (χ4v) is 12.8. The minimum absolute atomic E-state index is 0.00619. The van der Waals surface area contributed by atoms with E-state index in [1.165, 1.54) is 27.1 Å². The number of aryl methyl sites for hydroxylation is 1. The van der Waals surface area contributed by atoms with Gasteiger partial charge in [0.2, 0.25) is 18.5 Å². The first kappa shape index (κ1) is 56.9. The number of nitrogens with one attached hydrogen (secondary N) is 3. The van der Waals surface area contributed by atoms with Crippen LogP contribution in [0.5, 0.6) is 0 Å². The molecule has 3 aliphatic heterocycles. The van der Waals surface area contributed by atoms with Gasteiger partial charge in [-0.2, -0.15) is 18.2 Å². The van der Waals surface area contributed by atoms with E-state index < -0.39 is 154 Å². The lowest BCUT2D eigenvalue weighted by atomic mass is 9.98. The number of phosphoric acid groups is 4. The molecule has 8 rings (SSSR count). The van der Waals surface area contributed by atoms with Crippen LogP contribution in [0.25, 0.3) is 22.3 Å². The van der Waals surface area contributed by atoms with Crippen LogP contribution in [0.4, 0.5) is 16.6 Å². The number of hydrogen-bond donors (Lipinski definition) is 13. The molecule has 3 fully saturated rings. The number of carbonyl (C=O) groups is 1. The minimum atomic E-state index is -6.24. The summed E-state index contributed by atoms with van der Waals surface area (Å²) in [6.07, 6.45) is -14.0. The van der Waals surface area contributed by atoms with E-state index in [1.807, 2.05) is 4.98 Å². The molecule has 0 bridgehead atoms. The number of H-pyrrole nitrogens is 2. The molecule has 5 aromatic rings. The first-order valence-electron chi connectivity index (χ1n) is 21.5. The maximum atomic E-state index is 13.6. The predicted octanol–water partition coefficient (Wildman–Crippen LogP) is -4.95. The zero-order chi connectivity index (χ0) is 55.4. The Morgan fingerprint density at radius 2 is 1.39 bits per heavy atom. The second-order valence-corrected chi connectivity index (χ2v) is 22.7. The van der Waals surface area contributed by atoms with Gasteiger partial charge in [0.25, 0.3) is 16.7 Å². The molecule has 0 aliphatic carbocycles. The Bertz CT molecular complexity index is 3380. The van der Waals surface area contributed by atoms with Crippen molar-refractivity contribution in [3.63, 3.8) is 0 Å². The summed E-state index contributed by atoms with van der Waals surface area (Å²) in [6.45, 7) is -3.85. The second kappa shape index (κ2) is 21.8. The van der Waals surface area contributed by atoms with Crippen molar-refractivity contribution in [2.75, 3.05) is 44.9 Å². The van der Waals surface area contributed by atoms with Crippen molar-refractivity contribution in [2.24, 2.45) is 18.7 Å². The van der Waals surface area contributed by atoms with Crippen LogP contribution in [0, 0.1) is 5.92 Å². The van der Waals surface area contributed by atoms with Gasteiger partial charge in [0.1, 0.15) is 54.6 Å². The van der Waals surface area contributed by atoms with Crippen molar-refractivity contribution >= 4 is 71.4 Å². The fourth-order valence-electron chi connectivity index (χ4n) is 8.35. The maximum absolute atomic E-state index is 13.6. The van der Waals surface area contributed by atoms with Crippen molar-refractivity contribution in [2.45, 2.75) is 67.5 Å². The van der Waals surface area contributed by atoms with E-state index in [9.17, 15) is 72.3 Å². The lowest BCUT2D eigenvalue weighted by Gasteiger charge is -2.26. The Balaban J connectivity index is 0.946. The number of nitrogens with zero attached hydrogens (tertiary/aromatic N) is 8. The number of aromatic nitrogens is 10. The number of imidazole rings is 2. The fraction of sp³-hybridized carbons (Fsp3) is 0.545. The number of methoxy groups -OCH3 is 1. The third kappa shape index (κ3) is 12.2. The highest BCUT2D eigenvalue weighted by molar-refractivity contribution is 7.66. The molecule has 43 heteroatoms. The summed E-state index contributed by atoms with van der Waals surface area (Å²) in [5.41, 5.74) is 14.3. The van der Waals surface area contributed by atoms with Crippen molar-refractivity contribution < 1.29 is 108 Å². The van der Waals surface area contributed by atoms with Gasteiger partial charge in [-0.3, -0.25) is 46.8 Å². The summed E-state index contributed by atoms with van der Waals surface area (Å²) in [6, 6.07) is -0.147. The topological polar surface area (TPSA) is 562 Å². The number of aliphatic hydroxyl groups is 3. The van der Waals surface area contributed by atoms with Crippen LogP contribution in [-0.4, -0.2) is 167 Å². The van der Waals surface area contributed by atoms with Gasteiger partial charge >= 0.3 is 48.6 Å². The van der Waals surface area contributed by atoms with Gasteiger partial charge in [0.05, 0.1) is 39.3 Å². The Hall–Kier alpha value is -5.31. The summed E-state index contributed by atoms with van der Waals surface area (Å²) in [5, 5.41) is 34.8. The number of urea groups is 1. The number of aromatic amines is 2. The highest BCUT2D eigenvalue weighted by Gasteiger charge is 2.54. The van der Waals surface area contributed by atoms with E-state index >= 15 is 0 Å². The summed E-state index contributed by atoms with van der Waals surface area (Å²) in [7, 11) is -21.1. The van der Waals surface area contributed by atoms with E-state index in [2.05, 4.69) is 38.9 Å². The van der Waals surface area contributed by atoms with Crippen molar-refractivity contribution in [3.8, 4) is 0 Å². The van der Waals surface area contributed by atoms with Crippen molar-refractivity contribution in [1.29, 1.82) is 0 Å². The van der Waals surface area contributed by atoms with Crippen LogP contribution < -0.4 is 43.9 Å². The number of anilines is 2. The Morgan fingerprint density at radius 1 is 0.776 bits per heavy atom. The average molecular weight is 1160 g/mol. The highest BCUT2D eigenvalue weighted by Crippen LogP contribution is 2.68. The third-order valence-electron chi connectivity index (χ3n) is 11.7. The number of nitrogen functional groups attached to an aromatic ring is 2. The van der Waals surface area contributed by atoms with Crippen LogP contribution in [0.15, 0.2) is 45.6 Å². The van der Waals surface area contributed by atoms with Crippen molar-refractivity contribution in [3.05, 3.63) is 62.4 Å². The zero-order valence-corrected chi connectivity index (χ0v) is 42.3. The van der Waals surface area contributed by atoms with Gasteiger partial charge in [-0.05, 0) is 0 Å². The number of ether oxygens (including phenoxy) is 4. The molecule has 418 valence electrons. The molecule has 5 aromatic heterocycles. The molecule has 3 saturated heterocycles. The van der Waals surface area contributed by atoms with E-state index in [4.69, 9.17) is 54.2 Å². The van der Waals surface area contributed by atoms with Gasteiger partial charge in [0.15, 0.2) is 23.9 Å². The number of amides is 2. The molecular weight excluding hydrogens is 1120 g/mol. The summed E-state index contributed by atoms with van der Waals surface area (Å²) < 4.78 is 109. The van der Waals surface area contributed by atoms with Crippen LogP contribution in [0.3, 0.4) is 0 Å². The number of hydrogen-bond acceptors (Lipinski definition) is 27. The monoisotopic (exact) mass is 1160 g/mol. The summed E-state index contributed by atoms with van der Waals surface area (Å²) in [5.74, 6) is -1.66. The SMILES string of the molecule is CO[C@@H]1[C@H](OP(=O)(O)OC[C@H]2O[C@@H](n3ccc(=O)[nH]c3=O)[C@H](O)[C@@H]2O)[C@@H](COP(=O)(O)OP(=O)(O)OP(=O)(O)OC[C@H]2O[C@@H](n3c[n+](C)c4c(=O)[nH]c(N)nc43)[C@H](O)[C@@H]2CNC(N)=O)O[C@H]1n1cnc2c(N)ncnc21. The average Bonchev–Trinajstić information content (AvgIpc) is 4.12. The molecule has 0 radical (unpaired) electrons. The number of nitrogens with two attached hydrogens (primary N) is 3. The smallest absolute Gasteiger partial charge is 0.387 e. The molecule has 16 N–H and O–H groups in total. The number of phosphoric ester groups is 3. The van der Waals surface area contributed by atoms with Gasteiger partial charge in [0, 0.05) is 31.8 Å². The molecule has 0 aromatic carbocycles. The molecule has 0 saturated carbocycles. The van der Waals surface area contributed by atoms with E-state index in [0.29, 0.717) is 0 Å². The van der Waals surface area contributed by atoms with Crippen molar-refractivity contribution in [1.82, 2.24) is 48.9 Å². The number of rotatable bonds is 21. The Labute approximate surface area is 421 Å². The largest absolute Gasteiger partial charge is 0.490 e. The van der Waals surface area contributed by atoms with Gasteiger partial charge in [-0.25, -0.2) is 47.4 Å². The van der Waals surface area contributed by atoms with Gasteiger partial charge in [-0.15, -0.1) is 0 Å². The molecule has 39 nitrogen and oxygen atoms in total. The minimum Gasteiger partial charge on any atom is -0.387 e. The van der Waals surface area contributed by atoms with E-state index in [0.717, 1.165) is 36.6 Å². The molecule has 0 spiro atoms. The highest BCUT2D eigenvalue weighted by atomic mass is 31.3. The molecular formula is C33H47N14O25P4+. The first-order valence-corrected chi connectivity index (χ1v) is 27.5. The molecule has 4 unspecified atom stereocenters. The van der Waals surface area contributed by atoms with Crippen LogP contribution in [-0.2, 0) is 71.0 Å². The lowest BCUT2D eigenvalue weighted by molar-refractivity contribution is -0.646. The number of carbonyl (C=O) groups excluding carboxylic acids is 1. The second-order valence-electron chi connectivity index (χ2n) is 16.6. The molecule has 8 heterocycles. The Morgan fingerprint density at radius 3 is 2.05 bits per heavy atom. The van der Waals surface area contributed by atoms with Gasteiger partial charge < -0.3 is 76.4 Å². The van der Waals surface area contributed by atoms with Crippen LogP contribution >= 0.6 is 31.3 Å². The summed E-state index contributed by atoms with van der Waals surface area (Å²) in [4.78, 5) is 111. The quantitative estimate of drug-likeness (QED) is 0.0242. The zero-order valence-electron chi connectivity index (χ0n) is 38.7. The molecule has 76 heavy (non-hydrogen) atoms. The van der Waals surface area contributed by atoms with Crippen LogP contribution in [0.2, 0.25) is 0 Å². The first-order chi connectivity index (χ1) is 35.6. The normalized spacial score (nSPS) is 30.0. The predicted molar refractivity (Wildman–Crippen MR) is 243 cm³/mol. The molecule has 2 amide bonds. The van der Waals surface area contributed by atoms with Gasteiger partial charge in [-0.1, -0.05) is 0 Å². The maximum Gasteiger partial charge on any atom is 0.490 e. The van der Waals surface area contributed by atoms with Crippen LogP contribution in [0.1, 0.15) is 18.7 Å². The Kier molecular flexibility index (Phi) is 16.3. The summed E-state index contributed by atoms with van der Waals surface area (Å²) >= 11 is 0. The standard InChI is InChI=1S/C33H46N14O25P4/c1-44-11-47(26-18(44)27(52)43-31(35)42-26)28-19(49)12(5-37-32(36)53)13(67-28)6-65-74(57,58)71-76(61,62)72-75(59,60)66-8-15-22(23(63-2)30(69-15)46-10-40-17-24(34)38-9-39-25(17)46)70-73(55,56)64-7-14-20(50)21(51)29(68-14)45-4-3-16(48)41-33(45)54/h3-4,9-15,19-23,28-30,49-51H,5-8H2,1-2H3,(H12-,34,35,36,37,38,39,41,42,43,48,52,53,54,55,56,57,58,59,60,61,62)/p+1/t12-,13-,14-,15-,19-,20-,21-,22-,23-,28-,29-,30-/m1/s1. The third-order valence-corrected chi connectivity index (χ3v) is 16.9.